The molecule has 7 heteroatoms. The second kappa shape index (κ2) is 4.79. The number of rotatable bonds is 5. The number of hydrazine groups is 1. The molecule has 2 N–H and O–H groups in total. The van der Waals surface area contributed by atoms with Crippen molar-refractivity contribution in [1.82, 2.24) is 9.84 Å². The first-order valence-electron chi connectivity index (χ1n) is 6.11. The number of hydrogen-bond acceptors (Lipinski definition) is 3. The number of amides is 1. The first-order chi connectivity index (χ1) is 8.41. The summed E-state index contributed by atoms with van der Waals surface area (Å²) < 4.78 is 23.8. The molecule has 0 aromatic carbocycles. The number of nitrogens with zero attached hydrogens (tertiary/aromatic N) is 1. The normalized spacial score (nSPS) is 17.9. The van der Waals surface area contributed by atoms with Crippen molar-refractivity contribution in [3.63, 3.8) is 0 Å². The highest BCUT2D eigenvalue weighted by atomic mass is 32.2. The smallest absolute Gasteiger partial charge is 0.423 e. The zero-order chi connectivity index (χ0) is 15.1. The van der Waals surface area contributed by atoms with Gasteiger partial charge in [0, 0.05) is 0 Å². The Hall–Kier alpha value is -1.08. The molecule has 0 radical (unpaired) electrons. The summed E-state index contributed by atoms with van der Waals surface area (Å²) in [6.07, 6.45) is 0.113. The highest BCUT2D eigenvalue weighted by Crippen LogP contribution is 2.47. The molecule has 1 fully saturated rings. The van der Waals surface area contributed by atoms with Gasteiger partial charge >= 0.3 is 6.09 Å². The summed E-state index contributed by atoms with van der Waals surface area (Å²) in [5.74, 6) is 0. The van der Waals surface area contributed by atoms with Gasteiger partial charge in [-0.15, -0.1) is 11.4 Å². The quantitative estimate of drug-likeness (QED) is 0.599. The van der Waals surface area contributed by atoms with Crippen LogP contribution in [-0.4, -0.2) is 34.9 Å². The Labute approximate surface area is 114 Å². The molecule has 1 aliphatic carbocycles. The number of nitrogens with one attached hydrogen (secondary N) is 1. The zero-order valence-electron chi connectivity index (χ0n) is 11.9. The van der Waals surface area contributed by atoms with Gasteiger partial charge in [0.05, 0.1) is 10.3 Å². The predicted molar refractivity (Wildman–Crippen MR) is 73.1 cm³/mol. The molecule has 0 atom stereocenters. The molecule has 1 rings (SSSR count). The van der Waals surface area contributed by atoms with Crippen LogP contribution in [0.4, 0.5) is 4.79 Å². The highest BCUT2D eigenvalue weighted by molar-refractivity contribution is 7.91. The second-order valence-electron chi connectivity index (χ2n) is 6.20. The van der Waals surface area contributed by atoms with Crippen LogP contribution in [0.5, 0.6) is 0 Å². The summed E-state index contributed by atoms with van der Waals surface area (Å²) in [5.41, 5.74) is -0.0708. The van der Waals surface area contributed by atoms with E-state index >= 15 is 0 Å². The number of carboxylic acid groups (broad SMARTS) is 1. The van der Waals surface area contributed by atoms with Gasteiger partial charge < -0.3 is 5.11 Å². The molecule has 6 nitrogen and oxygen atoms in total. The lowest BCUT2D eigenvalue weighted by molar-refractivity contribution is 0.0853. The summed E-state index contributed by atoms with van der Waals surface area (Å²) in [7, 11) is -3.74. The maximum absolute atomic E-state index is 12.4. The zero-order valence-corrected chi connectivity index (χ0v) is 12.7. The maximum atomic E-state index is 12.4. The number of carbonyl (C=O) groups is 1. The van der Waals surface area contributed by atoms with Crippen molar-refractivity contribution in [2.75, 3.05) is 0 Å². The van der Waals surface area contributed by atoms with Crippen molar-refractivity contribution in [3.8, 4) is 0 Å². The van der Waals surface area contributed by atoms with Gasteiger partial charge in [0.1, 0.15) is 0 Å². The predicted octanol–water partition coefficient (Wildman–Crippen LogP) is 2.10. The van der Waals surface area contributed by atoms with Crippen LogP contribution in [0.15, 0.2) is 12.2 Å². The summed E-state index contributed by atoms with van der Waals surface area (Å²) in [4.78, 5) is 13.4. The third-order valence-electron chi connectivity index (χ3n) is 3.08. The molecule has 19 heavy (non-hydrogen) atoms. The lowest BCUT2D eigenvalue weighted by Crippen LogP contribution is -2.57. The Morgan fingerprint density at radius 1 is 1.42 bits per heavy atom. The van der Waals surface area contributed by atoms with Crippen molar-refractivity contribution in [3.05, 3.63) is 12.2 Å². The van der Waals surface area contributed by atoms with Gasteiger partial charge in [-0.3, -0.25) is 0 Å². The van der Waals surface area contributed by atoms with Crippen molar-refractivity contribution in [2.24, 2.45) is 0 Å². The molecule has 0 aromatic heterocycles. The Kier molecular flexibility index (Phi) is 4.03. The first-order valence-corrected chi connectivity index (χ1v) is 7.59. The summed E-state index contributed by atoms with van der Waals surface area (Å²) in [6, 6.07) is 0. The Morgan fingerprint density at radius 3 is 2.16 bits per heavy atom. The molecule has 0 aromatic rings. The van der Waals surface area contributed by atoms with E-state index in [4.69, 9.17) is 5.11 Å². The van der Waals surface area contributed by atoms with E-state index < -0.39 is 26.4 Å². The molecule has 0 aliphatic heterocycles. The minimum atomic E-state index is -3.74. The van der Waals surface area contributed by atoms with Crippen molar-refractivity contribution in [2.45, 2.75) is 57.2 Å². The van der Waals surface area contributed by atoms with E-state index in [2.05, 4.69) is 11.4 Å². The minimum Gasteiger partial charge on any atom is -0.464 e. The van der Waals surface area contributed by atoms with E-state index in [1.54, 1.807) is 27.7 Å². The minimum absolute atomic E-state index is 0.361. The summed E-state index contributed by atoms with van der Waals surface area (Å²) >= 11 is 0. The Bertz CT molecular complexity index is 486. The highest BCUT2D eigenvalue weighted by Gasteiger charge is 2.55. The van der Waals surface area contributed by atoms with Crippen LogP contribution in [0.2, 0.25) is 0 Å². The molecule has 1 amide bonds. The van der Waals surface area contributed by atoms with Crippen LogP contribution in [-0.2, 0) is 10.0 Å². The van der Waals surface area contributed by atoms with Gasteiger partial charge in [-0.25, -0.2) is 18.2 Å². The molecule has 110 valence electrons. The second-order valence-corrected chi connectivity index (χ2v) is 8.26. The van der Waals surface area contributed by atoms with Gasteiger partial charge in [0.2, 0.25) is 10.0 Å². The number of hydrogen-bond donors (Lipinski definition) is 2. The molecule has 1 saturated carbocycles. The SMILES string of the molecule is C=C(C)CC1(S(=O)(=O)NN(C(=O)O)C(C)(C)C)CC1. The standard InChI is InChI=1S/C12H22N2O4S/c1-9(2)8-12(6-7-12)19(17,18)13-14(10(15)16)11(3,4)5/h13H,1,6-8H2,2-5H3,(H,15,16). The van der Waals surface area contributed by atoms with E-state index in [0.717, 1.165) is 10.6 Å². The molecule has 0 heterocycles. The number of allylic oxidation sites excluding steroid dienone is 1. The third-order valence-corrected chi connectivity index (χ3v) is 5.19. The monoisotopic (exact) mass is 290 g/mol. The maximum Gasteiger partial charge on any atom is 0.423 e. The molecule has 1 aliphatic rings. The topological polar surface area (TPSA) is 86.7 Å². The lowest BCUT2D eigenvalue weighted by Gasteiger charge is -2.34. The van der Waals surface area contributed by atoms with Crippen LogP contribution in [0.25, 0.3) is 0 Å². The molecule has 0 spiro atoms. The van der Waals surface area contributed by atoms with Crippen LogP contribution in [0.3, 0.4) is 0 Å². The van der Waals surface area contributed by atoms with Gasteiger partial charge in [-0.2, -0.15) is 0 Å². The molecular weight excluding hydrogens is 268 g/mol. The van der Waals surface area contributed by atoms with Crippen LogP contribution < -0.4 is 4.83 Å². The van der Waals surface area contributed by atoms with Gasteiger partial charge in [0.25, 0.3) is 0 Å². The van der Waals surface area contributed by atoms with Gasteiger partial charge in [0.15, 0.2) is 0 Å². The van der Waals surface area contributed by atoms with E-state index in [0.29, 0.717) is 19.3 Å². The Balaban J connectivity index is 2.96. The first kappa shape index (κ1) is 16.0. The van der Waals surface area contributed by atoms with Crippen molar-refractivity contribution >= 4 is 16.1 Å². The molecule has 0 bridgehead atoms. The molecule has 0 saturated heterocycles. The van der Waals surface area contributed by atoms with Gasteiger partial charge in [-0.1, -0.05) is 5.57 Å². The van der Waals surface area contributed by atoms with Crippen LogP contribution >= 0.6 is 0 Å². The van der Waals surface area contributed by atoms with Crippen LogP contribution in [0.1, 0.15) is 47.0 Å². The van der Waals surface area contributed by atoms with E-state index in [-0.39, 0.29) is 0 Å². The fraction of sp³-hybridized carbons (Fsp3) is 0.750. The average molecular weight is 290 g/mol. The van der Waals surface area contributed by atoms with Crippen molar-refractivity contribution in [1.29, 1.82) is 0 Å². The molecular formula is C12H22N2O4S. The van der Waals surface area contributed by atoms with Gasteiger partial charge in [-0.05, 0) is 47.0 Å². The summed E-state index contributed by atoms with van der Waals surface area (Å²) in [6.45, 7) is 10.4. The third kappa shape index (κ3) is 3.48. The Morgan fingerprint density at radius 2 is 1.89 bits per heavy atom. The number of sulfonamides is 1. The lowest BCUT2D eigenvalue weighted by atomic mass is 10.1. The van der Waals surface area contributed by atoms with E-state index in [1.807, 2.05) is 0 Å². The van der Waals surface area contributed by atoms with E-state index in [9.17, 15) is 13.2 Å². The van der Waals surface area contributed by atoms with Crippen molar-refractivity contribution < 1.29 is 18.3 Å². The van der Waals surface area contributed by atoms with E-state index in [1.165, 1.54) is 0 Å². The van der Waals surface area contributed by atoms with Crippen LogP contribution in [0, 0.1) is 0 Å². The fourth-order valence-corrected chi connectivity index (χ4v) is 3.77. The largest absolute Gasteiger partial charge is 0.464 e. The average Bonchev–Trinajstić information content (AvgIpc) is 2.92. The fourth-order valence-electron chi connectivity index (χ4n) is 1.91. The molecule has 0 unspecified atom stereocenters. The summed E-state index contributed by atoms with van der Waals surface area (Å²) in [5, 5.41) is 9.86.